The van der Waals surface area contributed by atoms with Crippen LogP contribution in [0.3, 0.4) is 0 Å². The van der Waals surface area contributed by atoms with E-state index in [9.17, 15) is 24.3 Å². The molecule has 8 heteroatoms. The molecule has 2 aromatic rings. The number of rotatable bonds is 6. The lowest BCUT2D eigenvalue weighted by molar-refractivity contribution is -0.138. The zero-order valence-electron chi connectivity index (χ0n) is 15.0. The van der Waals surface area contributed by atoms with E-state index in [0.29, 0.717) is 26.2 Å². The summed E-state index contributed by atoms with van der Waals surface area (Å²) in [5.41, 5.74) is -0.217. The van der Waals surface area contributed by atoms with Crippen molar-refractivity contribution in [3.8, 4) is 0 Å². The Morgan fingerprint density at radius 3 is 2.26 bits per heavy atom. The first-order valence-electron chi connectivity index (χ1n) is 8.75. The van der Waals surface area contributed by atoms with E-state index in [4.69, 9.17) is 0 Å². The molecule has 1 aliphatic heterocycles. The fourth-order valence-corrected chi connectivity index (χ4v) is 3.28. The number of hydrogen-bond donors (Lipinski definition) is 2. The van der Waals surface area contributed by atoms with E-state index in [1.54, 1.807) is 9.80 Å². The van der Waals surface area contributed by atoms with Crippen molar-refractivity contribution in [1.29, 1.82) is 0 Å². The van der Waals surface area contributed by atoms with Gasteiger partial charge in [0.05, 0.1) is 0 Å². The summed E-state index contributed by atoms with van der Waals surface area (Å²) in [5.74, 6) is -1.13. The minimum absolute atomic E-state index is 0.0354. The monoisotopic (exact) mass is 371 g/mol. The number of carbonyl (C=O) groups excluding carboxylic acids is 1. The van der Waals surface area contributed by atoms with Crippen molar-refractivity contribution < 1.29 is 14.7 Å². The van der Waals surface area contributed by atoms with Crippen molar-refractivity contribution >= 4 is 23.3 Å². The van der Waals surface area contributed by atoms with E-state index in [0.717, 1.165) is 5.56 Å². The van der Waals surface area contributed by atoms with E-state index in [1.807, 2.05) is 30.3 Å². The molecule has 1 aliphatic rings. The van der Waals surface area contributed by atoms with Gasteiger partial charge in [-0.1, -0.05) is 30.3 Å². The molecule has 0 bridgehead atoms. The van der Waals surface area contributed by atoms with Crippen LogP contribution < -0.4 is 21.1 Å². The van der Waals surface area contributed by atoms with Gasteiger partial charge in [-0.2, -0.15) is 0 Å². The second kappa shape index (κ2) is 7.61. The topological polar surface area (TPSA) is 107 Å². The second-order valence-corrected chi connectivity index (χ2v) is 6.60. The maximum atomic E-state index is 12.1. The maximum Gasteiger partial charge on any atom is 0.326 e. The Morgan fingerprint density at radius 2 is 1.70 bits per heavy atom. The molecule has 0 saturated carbocycles. The van der Waals surface area contributed by atoms with Gasteiger partial charge in [0.15, 0.2) is 0 Å². The lowest BCUT2D eigenvalue weighted by atomic mass is 10.0. The third-order valence-corrected chi connectivity index (χ3v) is 4.83. The molecule has 1 unspecified atom stereocenters. The highest BCUT2D eigenvalue weighted by Crippen LogP contribution is 2.23. The van der Waals surface area contributed by atoms with Crippen molar-refractivity contribution in [2.45, 2.75) is 19.4 Å². The summed E-state index contributed by atoms with van der Waals surface area (Å²) in [5, 5.41) is 12.3. The molecular weight excluding hydrogens is 350 g/mol. The van der Waals surface area contributed by atoms with Gasteiger partial charge in [-0.3, -0.25) is 14.4 Å². The highest BCUT2D eigenvalue weighted by molar-refractivity contribution is 5.83. The predicted octanol–water partition coefficient (Wildman–Crippen LogP) is 0.0589. The first-order valence-corrected chi connectivity index (χ1v) is 8.75. The van der Waals surface area contributed by atoms with Crippen LogP contribution in [0, 0.1) is 0 Å². The van der Waals surface area contributed by atoms with Gasteiger partial charge in [-0.15, -0.1) is 0 Å². The third-order valence-electron chi connectivity index (χ3n) is 4.83. The largest absolute Gasteiger partial charge is 0.480 e. The van der Waals surface area contributed by atoms with Crippen LogP contribution in [-0.2, 0) is 16.0 Å². The van der Waals surface area contributed by atoms with Crippen molar-refractivity contribution in [2.24, 2.45) is 0 Å². The van der Waals surface area contributed by atoms with E-state index >= 15 is 0 Å². The van der Waals surface area contributed by atoms with Gasteiger partial charge in [-0.25, -0.2) is 4.79 Å². The van der Waals surface area contributed by atoms with Crippen LogP contribution >= 0.6 is 0 Å². The van der Waals surface area contributed by atoms with Crippen molar-refractivity contribution in [3.05, 3.63) is 56.3 Å². The van der Waals surface area contributed by atoms with Crippen LogP contribution in [-0.4, -0.2) is 54.1 Å². The molecule has 3 rings (SSSR count). The zero-order chi connectivity index (χ0) is 19.6. The van der Waals surface area contributed by atoms with Gasteiger partial charge >= 0.3 is 5.97 Å². The highest BCUT2D eigenvalue weighted by atomic mass is 16.4. The first kappa shape index (κ1) is 18.6. The number of piperazine rings is 1. The Morgan fingerprint density at radius 1 is 1.07 bits per heavy atom. The molecule has 0 spiro atoms. The summed E-state index contributed by atoms with van der Waals surface area (Å²) >= 11 is 0. The van der Waals surface area contributed by atoms with Crippen molar-refractivity contribution in [1.82, 2.24) is 4.90 Å². The summed E-state index contributed by atoms with van der Waals surface area (Å²) in [7, 11) is 0. The lowest BCUT2D eigenvalue weighted by Crippen LogP contribution is -2.53. The molecular formula is C19H21N3O5. The maximum absolute atomic E-state index is 12.1. The number of anilines is 2. The number of carboxylic acid groups (broad SMARTS) is 1. The summed E-state index contributed by atoms with van der Waals surface area (Å²) in [6.07, 6.45) is 0.187. The van der Waals surface area contributed by atoms with Gasteiger partial charge < -0.3 is 20.2 Å². The molecule has 1 saturated heterocycles. The average molecular weight is 371 g/mol. The van der Waals surface area contributed by atoms with Crippen LogP contribution in [0.25, 0.3) is 0 Å². The number of hydrogen-bond acceptors (Lipinski definition) is 6. The third kappa shape index (κ3) is 3.84. The standard InChI is InChI=1S/C19H21N3O5/c1-12(23)21-7-9-22(10-8-21)16-15(17(24)18(16)25)20-14(19(26)27)11-13-5-3-2-4-6-13/h2-6,14,20H,7-11H2,1H3,(H,26,27). The molecule has 0 aliphatic carbocycles. The molecule has 8 nitrogen and oxygen atoms in total. The Bertz CT molecular complexity index is 909. The Balaban J connectivity index is 1.76. The predicted molar refractivity (Wildman–Crippen MR) is 101 cm³/mol. The molecule has 0 aromatic heterocycles. The minimum atomic E-state index is -1.10. The van der Waals surface area contributed by atoms with E-state index in [1.165, 1.54) is 6.92 Å². The molecule has 1 atom stereocenters. The molecule has 142 valence electrons. The quantitative estimate of drug-likeness (QED) is 0.692. The molecule has 2 aromatic carbocycles. The number of benzene rings is 1. The van der Waals surface area contributed by atoms with Gasteiger partial charge in [0.2, 0.25) is 5.91 Å². The summed E-state index contributed by atoms with van der Waals surface area (Å²) in [4.78, 5) is 50.6. The van der Waals surface area contributed by atoms with Crippen LogP contribution in [0.2, 0.25) is 0 Å². The van der Waals surface area contributed by atoms with Crippen LogP contribution in [0.5, 0.6) is 0 Å². The zero-order valence-corrected chi connectivity index (χ0v) is 15.0. The molecule has 27 heavy (non-hydrogen) atoms. The van der Waals surface area contributed by atoms with Crippen LogP contribution in [0.1, 0.15) is 12.5 Å². The van der Waals surface area contributed by atoms with Crippen LogP contribution in [0.4, 0.5) is 11.4 Å². The Labute approximate surface area is 155 Å². The molecule has 2 N–H and O–H groups in total. The number of carboxylic acids is 1. The number of aliphatic carboxylic acids is 1. The number of nitrogens with zero attached hydrogens (tertiary/aromatic N) is 2. The molecule has 0 radical (unpaired) electrons. The Kier molecular flexibility index (Phi) is 5.25. The minimum Gasteiger partial charge on any atom is -0.480 e. The van der Waals surface area contributed by atoms with E-state index in [-0.39, 0.29) is 23.7 Å². The Hall–Kier alpha value is -3.16. The molecule has 1 amide bonds. The number of amides is 1. The van der Waals surface area contributed by atoms with Gasteiger partial charge in [0.25, 0.3) is 10.9 Å². The van der Waals surface area contributed by atoms with Crippen molar-refractivity contribution in [2.75, 3.05) is 36.4 Å². The highest BCUT2D eigenvalue weighted by Gasteiger charge is 2.31. The number of nitrogens with one attached hydrogen (secondary N) is 1. The van der Waals surface area contributed by atoms with Gasteiger partial charge in [-0.05, 0) is 5.56 Å². The van der Waals surface area contributed by atoms with Gasteiger partial charge in [0, 0.05) is 39.5 Å². The fraction of sp³-hybridized carbons (Fsp3) is 0.368. The SMILES string of the molecule is CC(=O)N1CCN(c2c(NC(Cc3ccccc3)C(=O)O)c(=O)c2=O)CC1. The smallest absolute Gasteiger partial charge is 0.326 e. The van der Waals surface area contributed by atoms with E-state index < -0.39 is 22.9 Å². The van der Waals surface area contributed by atoms with Crippen LogP contribution in [0.15, 0.2) is 39.9 Å². The van der Waals surface area contributed by atoms with E-state index in [2.05, 4.69) is 5.32 Å². The van der Waals surface area contributed by atoms with Crippen molar-refractivity contribution in [3.63, 3.8) is 0 Å². The molecule has 1 fully saturated rings. The summed E-state index contributed by atoms with van der Waals surface area (Å²) < 4.78 is 0. The number of carbonyl (C=O) groups is 2. The summed E-state index contributed by atoms with van der Waals surface area (Å²) in [6, 6.07) is 8.05. The first-order chi connectivity index (χ1) is 12.9. The second-order valence-electron chi connectivity index (χ2n) is 6.60. The normalized spacial score (nSPS) is 15.6. The lowest BCUT2D eigenvalue weighted by Gasteiger charge is -2.36. The average Bonchev–Trinajstić information content (AvgIpc) is 2.67. The fourth-order valence-electron chi connectivity index (χ4n) is 3.28. The molecule has 1 heterocycles. The van der Waals surface area contributed by atoms with Gasteiger partial charge in [0.1, 0.15) is 17.4 Å². The summed E-state index contributed by atoms with van der Waals surface area (Å²) in [6.45, 7) is 3.26.